The van der Waals surface area contributed by atoms with Gasteiger partial charge in [-0.1, -0.05) is 24.3 Å². The molecule has 0 unspecified atom stereocenters. The average molecular weight is 339 g/mol. The van der Waals surface area contributed by atoms with E-state index in [1.807, 2.05) is 42.6 Å². The lowest BCUT2D eigenvalue weighted by Gasteiger charge is -2.05. The quantitative estimate of drug-likeness (QED) is 0.549. The van der Waals surface area contributed by atoms with Crippen LogP contribution >= 0.6 is 15.9 Å². The number of aromatic hydroxyl groups is 1. The number of halogens is 1. The molecular formula is C17H11BrN2O. The van der Waals surface area contributed by atoms with E-state index < -0.39 is 0 Å². The number of rotatable bonds is 1. The summed E-state index contributed by atoms with van der Waals surface area (Å²) in [4.78, 5) is 4.65. The molecule has 0 aliphatic rings. The van der Waals surface area contributed by atoms with Gasteiger partial charge in [-0.15, -0.1) is 0 Å². The predicted molar refractivity (Wildman–Crippen MR) is 87.5 cm³/mol. The van der Waals surface area contributed by atoms with Gasteiger partial charge in [-0.25, -0.2) is 4.98 Å². The molecule has 0 aliphatic carbocycles. The summed E-state index contributed by atoms with van der Waals surface area (Å²) in [5.41, 5.74) is 5.09. The zero-order chi connectivity index (χ0) is 14.4. The van der Waals surface area contributed by atoms with Crippen LogP contribution in [0.2, 0.25) is 0 Å². The molecule has 4 rings (SSSR count). The molecule has 102 valence electrons. The molecule has 0 saturated heterocycles. The fourth-order valence-electron chi connectivity index (χ4n) is 2.61. The zero-order valence-electron chi connectivity index (χ0n) is 11.0. The molecule has 0 bridgehead atoms. The fraction of sp³-hybridized carbons (Fsp3) is 0. The number of hydrogen-bond acceptors (Lipinski definition) is 2. The normalized spacial score (nSPS) is 11.3. The van der Waals surface area contributed by atoms with Crippen LogP contribution in [0.5, 0.6) is 5.75 Å². The van der Waals surface area contributed by atoms with Crippen molar-refractivity contribution < 1.29 is 5.11 Å². The number of aromatic nitrogens is 2. The van der Waals surface area contributed by atoms with Gasteiger partial charge >= 0.3 is 0 Å². The van der Waals surface area contributed by atoms with Crippen LogP contribution in [0.15, 0.2) is 65.3 Å². The Morgan fingerprint density at radius 3 is 2.57 bits per heavy atom. The maximum Gasteiger partial charge on any atom is 0.137 e. The third-order valence-electron chi connectivity index (χ3n) is 3.56. The first-order valence-electron chi connectivity index (χ1n) is 6.58. The maximum atomic E-state index is 9.46. The Bertz CT molecular complexity index is 958. The molecule has 4 heteroatoms. The van der Waals surface area contributed by atoms with E-state index in [9.17, 15) is 5.11 Å². The van der Waals surface area contributed by atoms with E-state index >= 15 is 0 Å². The summed E-state index contributed by atoms with van der Waals surface area (Å²) in [6, 6.07) is 17.3. The van der Waals surface area contributed by atoms with Crippen molar-refractivity contribution in [2.45, 2.75) is 0 Å². The summed E-state index contributed by atoms with van der Waals surface area (Å²) in [6.07, 6.45) is 2.02. The Morgan fingerprint density at radius 1 is 0.952 bits per heavy atom. The first-order valence-corrected chi connectivity index (χ1v) is 7.37. The lowest BCUT2D eigenvalue weighted by Crippen LogP contribution is -1.87. The molecule has 3 nitrogen and oxygen atoms in total. The smallest absolute Gasteiger partial charge is 0.137 e. The first-order chi connectivity index (χ1) is 10.2. The highest BCUT2D eigenvalue weighted by Crippen LogP contribution is 2.30. The van der Waals surface area contributed by atoms with Crippen molar-refractivity contribution in [1.82, 2.24) is 9.38 Å². The molecule has 0 aliphatic heterocycles. The number of hydrogen-bond donors (Lipinski definition) is 1. The van der Waals surface area contributed by atoms with Crippen LogP contribution < -0.4 is 0 Å². The van der Waals surface area contributed by atoms with Crippen molar-refractivity contribution in [1.29, 1.82) is 0 Å². The van der Waals surface area contributed by atoms with Crippen LogP contribution in [0.4, 0.5) is 0 Å². The number of para-hydroxylation sites is 1. The largest absolute Gasteiger partial charge is 0.508 e. The number of phenolic OH excluding ortho intramolecular Hbond substituents is 1. The molecule has 0 atom stereocenters. The molecule has 2 aromatic heterocycles. The van der Waals surface area contributed by atoms with Crippen molar-refractivity contribution in [2.75, 3.05) is 0 Å². The lowest BCUT2D eigenvalue weighted by molar-refractivity contribution is 0.475. The maximum absolute atomic E-state index is 9.46. The predicted octanol–water partition coefficient (Wildman–Crippen LogP) is 4.62. The van der Waals surface area contributed by atoms with Crippen LogP contribution in [0.25, 0.3) is 27.8 Å². The van der Waals surface area contributed by atoms with Crippen molar-refractivity contribution in [3.8, 4) is 16.9 Å². The minimum atomic E-state index is 0.270. The molecule has 0 amide bonds. The SMILES string of the molecule is Oc1ccc(-c2cccc3nc4ccc(Br)cn4c23)cc1. The summed E-state index contributed by atoms with van der Waals surface area (Å²) in [6.45, 7) is 0. The second-order valence-corrected chi connectivity index (χ2v) is 5.82. The number of fused-ring (bicyclic) bond motifs is 3. The summed E-state index contributed by atoms with van der Waals surface area (Å²) >= 11 is 3.51. The Kier molecular flexibility index (Phi) is 2.72. The number of pyridine rings is 1. The highest BCUT2D eigenvalue weighted by Gasteiger charge is 2.10. The van der Waals surface area contributed by atoms with E-state index in [-0.39, 0.29) is 5.75 Å². The number of benzene rings is 2. The Morgan fingerprint density at radius 2 is 1.76 bits per heavy atom. The Hall–Kier alpha value is -2.33. The average Bonchev–Trinajstić information content (AvgIpc) is 2.86. The van der Waals surface area contributed by atoms with Gasteiger partial charge in [0.05, 0.1) is 11.0 Å². The standard InChI is InChI=1S/C17H11BrN2O/c18-12-6-9-16-19-15-3-1-2-14(17(15)20(16)10-12)11-4-7-13(21)8-5-11/h1-10,21H. The minimum Gasteiger partial charge on any atom is -0.508 e. The van der Waals surface area contributed by atoms with Gasteiger partial charge in [0.1, 0.15) is 11.4 Å². The Balaban J connectivity index is 2.11. The molecule has 1 N–H and O–H groups in total. The van der Waals surface area contributed by atoms with Crippen molar-refractivity contribution in [2.24, 2.45) is 0 Å². The molecule has 0 fully saturated rings. The van der Waals surface area contributed by atoms with Gasteiger partial charge in [0, 0.05) is 16.2 Å². The van der Waals surface area contributed by atoms with Crippen molar-refractivity contribution in [3.05, 3.63) is 65.3 Å². The van der Waals surface area contributed by atoms with Crippen LogP contribution in [0.1, 0.15) is 0 Å². The Labute approximate surface area is 129 Å². The van der Waals surface area contributed by atoms with E-state index in [4.69, 9.17) is 0 Å². The third kappa shape index (κ3) is 1.99. The monoisotopic (exact) mass is 338 g/mol. The van der Waals surface area contributed by atoms with Gasteiger partial charge in [-0.05, 0) is 51.8 Å². The lowest BCUT2D eigenvalue weighted by atomic mass is 10.0. The minimum absolute atomic E-state index is 0.270. The van der Waals surface area contributed by atoms with E-state index in [0.29, 0.717) is 0 Å². The zero-order valence-corrected chi connectivity index (χ0v) is 12.6. The summed E-state index contributed by atoms with van der Waals surface area (Å²) in [7, 11) is 0. The van der Waals surface area contributed by atoms with Crippen LogP contribution in [0, 0.1) is 0 Å². The van der Waals surface area contributed by atoms with Gasteiger partial charge < -0.3 is 5.11 Å². The molecule has 2 aromatic carbocycles. The molecule has 0 radical (unpaired) electrons. The third-order valence-corrected chi connectivity index (χ3v) is 4.03. The number of imidazole rings is 1. The topological polar surface area (TPSA) is 37.5 Å². The molecule has 0 spiro atoms. The molecule has 4 aromatic rings. The van der Waals surface area contributed by atoms with Gasteiger partial charge in [-0.2, -0.15) is 0 Å². The highest BCUT2D eigenvalue weighted by atomic mass is 79.9. The van der Waals surface area contributed by atoms with Crippen LogP contribution in [-0.2, 0) is 0 Å². The molecule has 21 heavy (non-hydrogen) atoms. The summed E-state index contributed by atoms with van der Waals surface area (Å²) < 4.78 is 3.09. The van der Waals surface area contributed by atoms with Gasteiger partial charge in [-0.3, -0.25) is 4.40 Å². The van der Waals surface area contributed by atoms with Crippen molar-refractivity contribution >= 4 is 32.6 Å². The van der Waals surface area contributed by atoms with Crippen molar-refractivity contribution in [3.63, 3.8) is 0 Å². The van der Waals surface area contributed by atoms with E-state index in [1.165, 1.54) is 0 Å². The van der Waals surface area contributed by atoms with Gasteiger partial charge in [0.15, 0.2) is 0 Å². The van der Waals surface area contributed by atoms with E-state index in [1.54, 1.807) is 12.1 Å². The molecule has 2 heterocycles. The second kappa shape index (κ2) is 4.60. The second-order valence-electron chi connectivity index (χ2n) is 4.91. The number of phenols is 1. The summed E-state index contributed by atoms with van der Waals surface area (Å²) in [5.74, 6) is 0.270. The van der Waals surface area contributed by atoms with Gasteiger partial charge in [0.2, 0.25) is 0 Å². The van der Waals surface area contributed by atoms with Gasteiger partial charge in [0.25, 0.3) is 0 Å². The van der Waals surface area contributed by atoms with E-state index in [0.717, 1.165) is 32.3 Å². The van der Waals surface area contributed by atoms with Crippen LogP contribution in [-0.4, -0.2) is 14.5 Å². The number of nitrogens with zero attached hydrogens (tertiary/aromatic N) is 2. The fourth-order valence-corrected chi connectivity index (χ4v) is 2.95. The highest BCUT2D eigenvalue weighted by molar-refractivity contribution is 9.10. The molecule has 0 saturated carbocycles. The van der Waals surface area contributed by atoms with Crippen LogP contribution in [0.3, 0.4) is 0 Å². The molecular weight excluding hydrogens is 328 g/mol. The summed E-state index contributed by atoms with van der Waals surface area (Å²) in [5, 5.41) is 9.46. The first kappa shape index (κ1) is 12.4. The van der Waals surface area contributed by atoms with E-state index in [2.05, 4.69) is 31.4 Å².